The normalized spacial score (nSPS) is 19.5. The molecule has 0 aromatic heterocycles. The molecule has 0 aliphatic carbocycles. The third-order valence-corrected chi connectivity index (χ3v) is 13.1. The Hall–Kier alpha value is -6.28. The van der Waals surface area contributed by atoms with Crippen LogP contribution in [0.25, 0.3) is 22.3 Å². The predicted molar refractivity (Wildman–Crippen MR) is 259 cm³/mol. The summed E-state index contributed by atoms with van der Waals surface area (Å²) in [6.45, 7) is 17.8. The van der Waals surface area contributed by atoms with Gasteiger partial charge in [0.05, 0.1) is 0 Å². The van der Waals surface area contributed by atoms with Crippen molar-refractivity contribution < 1.29 is 18.9 Å². The van der Waals surface area contributed by atoms with Crippen LogP contribution in [0, 0.1) is 0 Å². The maximum Gasteiger partial charge on any atom is 0.252 e. The monoisotopic (exact) mass is 828 g/mol. The highest BCUT2D eigenvalue weighted by atomic mass is 16.8. The van der Waals surface area contributed by atoms with E-state index in [1.54, 1.807) is 0 Å². The largest absolute Gasteiger partial charge is 0.462 e. The molecule has 7 aromatic rings. The molecule has 63 heavy (non-hydrogen) atoms. The van der Waals surface area contributed by atoms with Crippen molar-refractivity contribution in [2.45, 2.75) is 91.0 Å². The number of anilines is 6. The molecule has 7 heteroatoms. The fourth-order valence-electron chi connectivity index (χ4n) is 9.37. The highest BCUT2D eigenvalue weighted by molar-refractivity contribution is 7.00. The molecule has 314 valence electrons. The number of fused-ring (bicyclic) bond motifs is 4. The van der Waals surface area contributed by atoms with E-state index in [1.165, 1.54) is 50.3 Å². The topological polar surface area (TPSA) is 50.0 Å². The number of ether oxygens (including phenoxy) is 4. The minimum Gasteiger partial charge on any atom is -0.462 e. The number of rotatable bonds is 8. The maximum atomic E-state index is 6.03. The average molecular weight is 829 g/mol. The van der Waals surface area contributed by atoms with E-state index in [1.807, 2.05) is 26.0 Å². The van der Waals surface area contributed by atoms with E-state index in [4.69, 9.17) is 18.9 Å². The van der Waals surface area contributed by atoms with E-state index < -0.39 is 0 Å². The number of nitrogens with zero attached hydrogens (tertiary/aromatic N) is 2. The lowest BCUT2D eigenvalue weighted by molar-refractivity contribution is 0.178. The standard InChI is InChI=1S/C56H53BN2O4/c1-34-53(60-34)62-44-25-15-36(16-26-44)38-11-9-12-43(31-38)59-48-30-22-41(56(6,7)8)33-47(48)57-46-29-19-39(37-17-27-45(28-18-37)63-54-35(2)61-54)32-51(46)58(49-13-10-14-50(59)52(49)57)42-23-20-40(21-24-42)55(3,4)5/h9-35,53-54H,1-8H3. The molecule has 4 atom stereocenters. The fourth-order valence-corrected chi connectivity index (χ4v) is 9.37. The van der Waals surface area contributed by atoms with Gasteiger partial charge in [0.1, 0.15) is 23.7 Å². The van der Waals surface area contributed by atoms with Gasteiger partial charge in [-0.05, 0) is 147 Å². The van der Waals surface area contributed by atoms with Gasteiger partial charge in [0.2, 0.25) is 12.6 Å². The first kappa shape index (κ1) is 39.6. The third-order valence-electron chi connectivity index (χ3n) is 13.1. The van der Waals surface area contributed by atoms with Crippen LogP contribution in [-0.4, -0.2) is 31.5 Å². The Bertz CT molecular complexity index is 2880. The van der Waals surface area contributed by atoms with Crippen LogP contribution in [0.4, 0.5) is 34.1 Å². The summed E-state index contributed by atoms with van der Waals surface area (Å²) in [4.78, 5) is 4.98. The van der Waals surface area contributed by atoms with Gasteiger partial charge in [0, 0.05) is 34.1 Å². The second kappa shape index (κ2) is 14.7. The lowest BCUT2D eigenvalue weighted by Crippen LogP contribution is -2.61. The van der Waals surface area contributed by atoms with Crippen LogP contribution in [-0.2, 0) is 20.3 Å². The van der Waals surface area contributed by atoms with Gasteiger partial charge in [-0.2, -0.15) is 0 Å². The predicted octanol–water partition coefficient (Wildman–Crippen LogP) is 11.9. The molecule has 0 amide bonds. The van der Waals surface area contributed by atoms with Gasteiger partial charge in [-0.15, -0.1) is 0 Å². The Labute approximate surface area is 372 Å². The zero-order valence-electron chi connectivity index (χ0n) is 37.3. The Morgan fingerprint density at radius 2 is 0.952 bits per heavy atom. The van der Waals surface area contributed by atoms with Crippen LogP contribution in [0.2, 0.25) is 0 Å². The molecule has 0 saturated carbocycles. The van der Waals surface area contributed by atoms with Crippen molar-refractivity contribution in [1.29, 1.82) is 0 Å². The molecule has 0 N–H and O–H groups in total. The van der Waals surface area contributed by atoms with Crippen LogP contribution in [0.5, 0.6) is 11.5 Å². The van der Waals surface area contributed by atoms with Gasteiger partial charge in [0.15, 0.2) is 0 Å². The summed E-state index contributed by atoms with van der Waals surface area (Å²) in [5, 5.41) is 0. The number of epoxide rings is 2. The molecule has 0 spiro atoms. The maximum absolute atomic E-state index is 6.03. The van der Waals surface area contributed by atoms with Gasteiger partial charge in [-0.25, -0.2) is 0 Å². The molecular formula is C56H53BN2O4. The van der Waals surface area contributed by atoms with E-state index in [-0.39, 0.29) is 42.3 Å². The summed E-state index contributed by atoms with van der Waals surface area (Å²) in [6, 6.07) is 56.0. The van der Waals surface area contributed by atoms with Crippen LogP contribution >= 0.6 is 0 Å². The molecule has 4 unspecified atom stereocenters. The quantitative estimate of drug-likeness (QED) is 0.112. The summed E-state index contributed by atoms with van der Waals surface area (Å²) in [7, 11) is 0. The van der Waals surface area contributed by atoms with E-state index >= 15 is 0 Å². The molecule has 6 nitrogen and oxygen atoms in total. The van der Waals surface area contributed by atoms with E-state index in [2.05, 4.69) is 191 Å². The molecule has 0 radical (unpaired) electrons. The lowest BCUT2D eigenvalue weighted by Gasteiger charge is -2.44. The fraction of sp³-hybridized carbons (Fsp3) is 0.250. The van der Waals surface area contributed by atoms with Crippen molar-refractivity contribution >= 4 is 57.2 Å². The third kappa shape index (κ3) is 7.17. The van der Waals surface area contributed by atoms with Crippen molar-refractivity contribution in [3.05, 3.63) is 163 Å². The molecule has 4 heterocycles. The van der Waals surface area contributed by atoms with E-state index in [9.17, 15) is 0 Å². The summed E-state index contributed by atoms with van der Waals surface area (Å²) >= 11 is 0. The number of hydrogen-bond acceptors (Lipinski definition) is 6. The first-order valence-electron chi connectivity index (χ1n) is 22.4. The van der Waals surface area contributed by atoms with Gasteiger partial charge in [-0.3, -0.25) is 0 Å². The Morgan fingerprint density at radius 3 is 1.51 bits per heavy atom. The Balaban J connectivity index is 1.08. The number of hydrogen-bond donors (Lipinski definition) is 0. The van der Waals surface area contributed by atoms with Crippen molar-refractivity contribution in [3.8, 4) is 33.8 Å². The summed E-state index contributed by atoms with van der Waals surface area (Å²) in [5.74, 6) is 1.63. The SMILES string of the molecule is CC1OC1Oc1ccc(-c2cccc(N3c4ccc(C(C)(C)C)cc4B4c5ccc(-c6ccc(OC7OC7C)cc6)cc5N(c5ccc(C(C)(C)C)cc5)c5cccc3c54)c2)cc1. The molecule has 4 aliphatic rings. The summed E-state index contributed by atoms with van der Waals surface area (Å²) in [5.41, 5.74) is 18.1. The summed E-state index contributed by atoms with van der Waals surface area (Å²) in [6.07, 6.45) is -0.0475. The van der Waals surface area contributed by atoms with Crippen molar-refractivity contribution in [2.24, 2.45) is 0 Å². The first-order valence-corrected chi connectivity index (χ1v) is 22.4. The minimum absolute atomic E-state index is 0.00379. The minimum atomic E-state index is -0.163. The number of benzene rings is 7. The molecule has 0 bridgehead atoms. The second-order valence-electron chi connectivity index (χ2n) is 19.7. The van der Waals surface area contributed by atoms with Crippen LogP contribution in [0.1, 0.15) is 66.5 Å². The average Bonchev–Trinajstić information content (AvgIpc) is 4.19. The van der Waals surface area contributed by atoms with Crippen LogP contribution in [0.15, 0.2) is 152 Å². The summed E-state index contributed by atoms with van der Waals surface area (Å²) < 4.78 is 23.0. The van der Waals surface area contributed by atoms with Crippen LogP contribution in [0.3, 0.4) is 0 Å². The van der Waals surface area contributed by atoms with Crippen molar-refractivity contribution in [3.63, 3.8) is 0 Å². The molecule has 4 aliphatic heterocycles. The molecule has 7 aromatic carbocycles. The zero-order valence-corrected chi connectivity index (χ0v) is 37.3. The van der Waals surface area contributed by atoms with Gasteiger partial charge in [-0.1, -0.05) is 120 Å². The van der Waals surface area contributed by atoms with Crippen LogP contribution < -0.4 is 35.7 Å². The van der Waals surface area contributed by atoms with Gasteiger partial charge >= 0.3 is 0 Å². The first-order chi connectivity index (χ1) is 30.3. The lowest BCUT2D eigenvalue weighted by atomic mass is 9.33. The zero-order chi connectivity index (χ0) is 43.4. The smallest absolute Gasteiger partial charge is 0.252 e. The second-order valence-corrected chi connectivity index (χ2v) is 19.7. The van der Waals surface area contributed by atoms with Gasteiger partial charge < -0.3 is 28.7 Å². The van der Waals surface area contributed by atoms with Gasteiger partial charge in [0.25, 0.3) is 6.71 Å². The molecule has 2 fully saturated rings. The van der Waals surface area contributed by atoms with E-state index in [0.717, 1.165) is 45.1 Å². The highest BCUT2D eigenvalue weighted by Crippen LogP contribution is 2.46. The molecular weight excluding hydrogens is 775 g/mol. The van der Waals surface area contributed by atoms with E-state index in [0.29, 0.717) is 0 Å². The van der Waals surface area contributed by atoms with Crippen molar-refractivity contribution in [2.75, 3.05) is 9.80 Å². The Morgan fingerprint density at radius 1 is 0.444 bits per heavy atom. The molecule has 2 saturated heterocycles. The molecule has 11 rings (SSSR count). The van der Waals surface area contributed by atoms with Crippen molar-refractivity contribution in [1.82, 2.24) is 0 Å². The Kier molecular flexibility index (Phi) is 9.20. The highest BCUT2D eigenvalue weighted by Gasteiger charge is 2.44.